The van der Waals surface area contributed by atoms with Crippen LogP contribution in [0.15, 0.2) is 109 Å². The summed E-state index contributed by atoms with van der Waals surface area (Å²) in [7, 11) is 0. The molecule has 0 spiro atoms. The van der Waals surface area contributed by atoms with Crippen molar-refractivity contribution >= 4 is 17.9 Å². The van der Waals surface area contributed by atoms with Gasteiger partial charge in [0.1, 0.15) is 13.2 Å². The first-order chi connectivity index (χ1) is 37.0. The zero-order valence-corrected chi connectivity index (χ0v) is 49.0. The molecule has 0 radical (unpaired) electrons. The maximum atomic E-state index is 12.9. The van der Waals surface area contributed by atoms with E-state index in [2.05, 4.69) is 130 Å². The molecule has 75 heavy (non-hydrogen) atoms. The lowest BCUT2D eigenvalue weighted by Gasteiger charge is -2.18. The van der Waals surface area contributed by atoms with Crippen LogP contribution in [0.3, 0.4) is 0 Å². The Balaban J connectivity index is 4.33. The second-order valence-electron chi connectivity index (χ2n) is 20.6. The van der Waals surface area contributed by atoms with E-state index in [1.807, 2.05) is 0 Å². The lowest BCUT2D eigenvalue weighted by molar-refractivity contribution is -0.167. The van der Waals surface area contributed by atoms with Crippen LogP contribution in [0.4, 0.5) is 0 Å². The van der Waals surface area contributed by atoms with Crippen LogP contribution in [0.25, 0.3) is 0 Å². The molecule has 0 rings (SSSR count). The van der Waals surface area contributed by atoms with Crippen molar-refractivity contribution in [1.29, 1.82) is 0 Å². The third kappa shape index (κ3) is 60.8. The van der Waals surface area contributed by atoms with Crippen LogP contribution in [-0.4, -0.2) is 37.2 Å². The van der Waals surface area contributed by atoms with Crippen LogP contribution in [0.5, 0.6) is 0 Å². The second kappa shape index (κ2) is 62.6. The number of hydrogen-bond acceptors (Lipinski definition) is 6. The van der Waals surface area contributed by atoms with Crippen molar-refractivity contribution in [2.24, 2.45) is 0 Å². The van der Waals surface area contributed by atoms with E-state index in [-0.39, 0.29) is 37.5 Å². The first-order valence-electron chi connectivity index (χ1n) is 31.4. The van der Waals surface area contributed by atoms with Gasteiger partial charge in [0.15, 0.2) is 6.10 Å². The highest BCUT2D eigenvalue weighted by molar-refractivity contribution is 5.71. The fourth-order valence-electron chi connectivity index (χ4n) is 8.62. The Morgan fingerprint density at radius 2 is 0.520 bits per heavy atom. The number of unbranched alkanes of at least 4 members (excludes halogenated alkanes) is 27. The molecule has 0 amide bonds. The first kappa shape index (κ1) is 71.1. The molecule has 0 aliphatic rings. The van der Waals surface area contributed by atoms with Crippen molar-refractivity contribution in [3.63, 3.8) is 0 Å². The minimum atomic E-state index is -0.799. The molecule has 0 aliphatic heterocycles. The highest BCUT2D eigenvalue weighted by atomic mass is 16.6. The summed E-state index contributed by atoms with van der Waals surface area (Å²) >= 11 is 0. The van der Waals surface area contributed by atoms with E-state index in [1.165, 1.54) is 141 Å². The average Bonchev–Trinajstić information content (AvgIpc) is 3.41. The quantitative estimate of drug-likeness (QED) is 0.0261. The van der Waals surface area contributed by atoms with E-state index in [0.29, 0.717) is 19.3 Å². The smallest absolute Gasteiger partial charge is 0.306 e. The fourth-order valence-corrected chi connectivity index (χ4v) is 8.62. The van der Waals surface area contributed by atoms with Gasteiger partial charge in [-0.25, -0.2) is 0 Å². The molecule has 0 fully saturated rings. The molecule has 0 aromatic heterocycles. The molecule has 1 unspecified atom stereocenters. The van der Waals surface area contributed by atoms with Crippen molar-refractivity contribution in [1.82, 2.24) is 0 Å². The van der Waals surface area contributed by atoms with Gasteiger partial charge in [0, 0.05) is 19.3 Å². The normalized spacial score (nSPS) is 12.8. The Bertz CT molecular complexity index is 1520. The lowest BCUT2D eigenvalue weighted by Crippen LogP contribution is -2.30. The number of allylic oxidation sites excluding steroid dienone is 18. The zero-order valence-electron chi connectivity index (χ0n) is 49.0. The number of carbonyl (C=O) groups excluding carboxylic acids is 3. The third-order valence-corrected chi connectivity index (χ3v) is 13.3. The number of carbonyl (C=O) groups is 3. The van der Waals surface area contributed by atoms with E-state index in [0.717, 1.165) is 103 Å². The van der Waals surface area contributed by atoms with Crippen LogP contribution in [0.1, 0.15) is 290 Å². The van der Waals surface area contributed by atoms with Crippen LogP contribution in [0.2, 0.25) is 0 Å². The van der Waals surface area contributed by atoms with Crippen molar-refractivity contribution in [3.8, 4) is 0 Å². The zero-order chi connectivity index (χ0) is 54.3. The maximum absolute atomic E-state index is 12.9. The standard InChI is InChI=1S/C69H116O6/c1-4-7-10-13-16-19-21-23-25-27-29-30-31-32-33-34-35-36-37-38-40-41-43-45-47-50-53-56-59-62-68(71)74-65-66(64-73-67(70)61-58-55-52-49-18-15-12-9-6-3)75-69(72)63-60-57-54-51-48-46-44-42-39-28-26-24-22-20-17-14-11-8-5-2/h7,10,16,19,23,25,29-30,32-33,35-36,38,40,43,45,50,53,66H,4-6,8-9,11-15,17-18,20-22,24,26-28,31,34,37,39,41-42,44,46-49,51-52,54-65H2,1-3H3/b10-7-,19-16-,25-23-,30-29-,33-32-,36-35-,40-38-,45-43-,53-50-. The van der Waals surface area contributed by atoms with E-state index in [4.69, 9.17) is 14.2 Å². The molecule has 0 saturated carbocycles. The Hall–Kier alpha value is -3.93. The van der Waals surface area contributed by atoms with Crippen LogP contribution < -0.4 is 0 Å². The van der Waals surface area contributed by atoms with E-state index in [1.54, 1.807) is 0 Å². The predicted molar refractivity (Wildman–Crippen MR) is 325 cm³/mol. The molecule has 428 valence electrons. The summed E-state index contributed by atoms with van der Waals surface area (Å²) in [6, 6.07) is 0. The Morgan fingerprint density at radius 3 is 0.813 bits per heavy atom. The first-order valence-corrected chi connectivity index (χ1v) is 31.4. The summed E-state index contributed by atoms with van der Waals surface area (Å²) < 4.78 is 16.8. The summed E-state index contributed by atoms with van der Waals surface area (Å²) in [5.74, 6) is -0.951. The maximum Gasteiger partial charge on any atom is 0.306 e. The predicted octanol–water partition coefficient (Wildman–Crippen LogP) is 21.4. The summed E-state index contributed by atoms with van der Waals surface area (Å²) in [6.45, 7) is 6.48. The Kier molecular flexibility index (Phi) is 59.3. The Labute approximate surface area is 463 Å². The molecule has 0 aromatic carbocycles. The van der Waals surface area contributed by atoms with E-state index in [9.17, 15) is 14.4 Å². The van der Waals surface area contributed by atoms with Crippen molar-refractivity contribution in [2.75, 3.05) is 13.2 Å². The summed E-state index contributed by atoms with van der Waals surface area (Å²) in [6.07, 6.45) is 85.4. The minimum Gasteiger partial charge on any atom is -0.462 e. The highest BCUT2D eigenvalue weighted by Crippen LogP contribution is 2.16. The molecule has 0 aromatic rings. The molecule has 0 heterocycles. The number of esters is 3. The molecule has 6 heteroatoms. The SMILES string of the molecule is CC/C=C\C/C=C\C/C=C\C/C=C\C/C=C\C/C=C\C/C=C\C/C=C\C/C=C\CCCC(=O)OCC(COC(=O)CCCCCCCCCCC)OC(=O)CCCCCCCCCCCCCCCCCCCCC. The lowest BCUT2D eigenvalue weighted by atomic mass is 10.0. The molecule has 6 nitrogen and oxygen atoms in total. The minimum absolute atomic E-state index is 0.0933. The van der Waals surface area contributed by atoms with Gasteiger partial charge in [-0.3, -0.25) is 14.4 Å². The summed E-state index contributed by atoms with van der Waals surface area (Å²) in [5.41, 5.74) is 0. The van der Waals surface area contributed by atoms with Gasteiger partial charge < -0.3 is 14.2 Å². The molecule has 0 aliphatic carbocycles. The van der Waals surface area contributed by atoms with Gasteiger partial charge in [0.2, 0.25) is 0 Å². The van der Waals surface area contributed by atoms with Gasteiger partial charge >= 0.3 is 17.9 Å². The highest BCUT2D eigenvalue weighted by Gasteiger charge is 2.19. The van der Waals surface area contributed by atoms with Gasteiger partial charge in [-0.15, -0.1) is 0 Å². The van der Waals surface area contributed by atoms with Gasteiger partial charge in [0.25, 0.3) is 0 Å². The molecule has 1 atom stereocenters. The molecular weight excluding hydrogens is 925 g/mol. The number of ether oxygens (including phenoxy) is 3. The van der Waals surface area contributed by atoms with Crippen molar-refractivity contribution < 1.29 is 28.6 Å². The number of rotatable bonds is 56. The van der Waals surface area contributed by atoms with Crippen LogP contribution >= 0.6 is 0 Å². The molecule has 0 saturated heterocycles. The van der Waals surface area contributed by atoms with Gasteiger partial charge in [-0.1, -0.05) is 297 Å². The Morgan fingerprint density at radius 1 is 0.280 bits per heavy atom. The van der Waals surface area contributed by atoms with Crippen LogP contribution in [-0.2, 0) is 28.6 Å². The molecule has 0 bridgehead atoms. The average molecular weight is 1040 g/mol. The van der Waals surface area contributed by atoms with Crippen LogP contribution in [0, 0.1) is 0 Å². The van der Waals surface area contributed by atoms with Gasteiger partial charge in [-0.2, -0.15) is 0 Å². The van der Waals surface area contributed by atoms with Crippen molar-refractivity contribution in [3.05, 3.63) is 109 Å². The van der Waals surface area contributed by atoms with E-state index >= 15 is 0 Å². The molecular formula is C69H116O6. The summed E-state index contributed by atoms with van der Waals surface area (Å²) in [4.78, 5) is 38.1. The van der Waals surface area contributed by atoms with Gasteiger partial charge in [0.05, 0.1) is 0 Å². The van der Waals surface area contributed by atoms with Gasteiger partial charge in [-0.05, 0) is 83.5 Å². The topological polar surface area (TPSA) is 78.9 Å². The monoisotopic (exact) mass is 1040 g/mol. The summed E-state index contributed by atoms with van der Waals surface area (Å²) in [5, 5.41) is 0. The second-order valence-corrected chi connectivity index (χ2v) is 20.6. The van der Waals surface area contributed by atoms with Crippen molar-refractivity contribution in [2.45, 2.75) is 297 Å². The third-order valence-electron chi connectivity index (χ3n) is 13.3. The largest absolute Gasteiger partial charge is 0.462 e. The number of hydrogen-bond donors (Lipinski definition) is 0. The van der Waals surface area contributed by atoms with E-state index < -0.39 is 6.10 Å². The fraction of sp³-hybridized carbons (Fsp3) is 0.696. The molecule has 0 N–H and O–H groups in total.